The molecule has 4 heteroatoms. The zero-order valence-corrected chi connectivity index (χ0v) is 10.6. The number of thioether (sulfide) groups is 1. The number of quaternary nitrogens is 1. The maximum atomic E-state index is 8.72. The van der Waals surface area contributed by atoms with Gasteiger partial charge in [0.05, 0.1) is 0 Å². The average molecular weight is 302 g/mol. The van der Waals surface area contributed by atoms with Crippen molar-refractivity contribution in [2.24, 2.45) is 0 Å². The number of allylic oxidation sites excluding steroid dienone is 2. The molecule has 1 aliphatic heterocycles. The molecular weight excluding hydrogens is 285 g/mol. The Morgan fingerprint density at radius 3 is 3.08 bits per heavy atom. The van der Waals surface area contributed by atoms with Crippen LogP contribution in [-0.4, -0.2) is 20.4 Å². The van der Waals surface area contributed by atoms with Gasteiger partial charge < -0.3 is 0 Å². The van der Waals surface area contributed by atoms with Gasteiger partial charge in [0.15, 0.2) is 0 Å². The maximum absolute atomic E-state index is 8.72. The second-order valence-corrected chi connectivity index (χ2v) is 10.2. The van der Waals surface area contributed by atoms with E-state index >= 15 is 0 Å². The summed E-state index contributed by atoms with van der Waals surface area (Å²) in [5.74, 6) is 0. The van der Waals surface area contributed by atoms with Crippen LogP contribution in [0.4, 0.5) is 0 Å². The second-order valence-electron chi connectivity index (χ2n) is 2.91. The molecule has 0 unspecified atom stereocenters. The van der Waals surface area contributed by atoms with Gasteiger partial charge in [-0.2, -0.15) is 0 Å². The quantitative estimate of drug-likeness (QED) is 0.468. The first kappa shape index (κ1) is 10.8. The number of nitrogens with two attached hydrogens (primary N) is 1. The Hall–Kier alpha value is 0.740. The molecule has 0 spiro atoms. The zero-order valence-electron chi connectivity index (χ0n) is 7.64. The molecule has 1 heterocycles. The van der Waals surface area contributed by atoms with Gasteiger partial charge >= 0.3 is 86.2 Å². The zero-order chi connectivity index (χ0) is 8.97. The van der Waals surface area contributed by atoms with Crippen LogP contribution in [0.15, 0.2) is 10.6 Å². The molecule has 0 aromatic rings. The Labute approximate surface area is 85.9 Å². The van der Waals surface area contributed by atoms with E-state index in [1.807, 2.05) is 11.8 Å². The number of aliphatic hydroxyl groups excluding tert-OH is 1. The average Bonchev–Trinajstić information content (AvgIpc) is 2.07. The number of hydrogen-bond acceptors (Lipinski definition) is 2. The number of alkyl halides is 2. The fourth-order valence-corrected chi connectivity index (χ4v) is 7.53. The summed E-state index contributed by atoms with van der Waals surface area (Å²) in [6.07, 6.45) is 2.00. The molecule has 0 aliphatic carbocycles. The summed E-state index contributed by atoms with van der Waals surface area (Å²) in [5.41, 5.74) is 1.52. The molecule has 0 bridgehead atoms. The predicted octanol–water partition coefficient (Wildman–Crippen LogP) is 1.31. The first-order chi connectivity index (χ1) is 5.74. The summed E-state index contributed by atoms with van der Waals surface area (Å²) in [7, 11) is 0. The minimum absolute atomic E-state index is 0.327. The number of hydrogen-bond donors (Lipinski definition) is 2. The van der Waals surface area contributed by atoms with Crippen molar-refractivity contribution in [3.8, 4) is 0 Å². The molecule has 0 saturated carbocycles. The van der Waals surface area contributed by atoms with Crippen LogP contribution in [0, 0.1) is 0 Å². The van der Waals surface area contributed by atoms with Gasteiger partial charge in [-0.15, -0.1) is 0 Å². The Balaban J connectivity index is 2.46. The van der Waals surface area contributed by atoms with Gasteiger partial charge in [-0.3, -0.25) is 0 Å². The van der Waals surface area contributed by atoms with Crippen LogP contribution in [-0.2, 0) is 0 Å². The van der Waals surface area contributed by atoms with Crippen molar-refractivity contribution in [3.63, 3.8) is 0 Å². The van der Waals surface area contributed by atoms with Crippen molar-refractivity contribution < 1.29 is 8.64 Å². The van der Waals surface area contributed by atoms with Gasteiger partial charge in [-0.25, -0.2) is 0 Å². The van der Waals surface area contributed by atoms with Crippen molar-refractivity contribution in [2.75, 3.05) is 15.3 Å². The van der Waals surface area contributed by atoms with Gasteiger partial charge in [-0.1, -0.05) is 0 Å². The SMILES string of the molecule is CC1=C(CCCO)[NH2+]I(C)CS1. The van der Waals surface area contributed by atoms with Crippen molar-refractivity contribution in [1.29, 1.82) is 0 Å². The summed E-state index contributed by atoms with van der Waals surface area (Å²) in [6.45, 7) is 2.53. The molecule has 0 saturated heterocycles. The van der Waals surface area contributed by atoms with Crippen LogP contribution in [0.3, 0.4) is 0 Å². The number of halogens is 1. The molecule has 0 aromatic heterocycles. The van der Waals surface area contributed by atoms with Crippen LogP contribution in [0.1, 0.15) is 19.8 Å². The third-order valence-electron chi connectivity index (χ3n) is 1.82. The molecule has 0 amide bonds. The fourth-order valence-electron chi connectivity index (χ4n) is 1.09. The van der Waals surface area contributed by atoms with Crippen molar-refractivity contribution >= 4 is 31.9 Å². The first-order valence-electron chi connectivity index (χ1n) is 4.06. The first-order valence-corrected chi connectivity index (χ1v) is 9.98. The van der Waals surface area contributed by atoms with Gasteiger partial charge in [0.2, 0.25) is 0 Å². The molecule has 3 N–H and O–H groups in total. The molecule has 0 radical (unpaired) electrons. The van der Waals surface area contributed by atoms with Crippen LogP contribution >= 0.6 is 31.9 Å². The van der Waals surface area contributed by atoms with E-state index in [1.165, 1.54) is 14.4 Å². The molecule has 12 heavy (non-hydrogen) atoms. The summed E-state index contributed by atoms with van der Waals surface area (Å²) >= 11 is 1.33. The minimum atomic E-state index is -0.693. The third-order valence-corrected chi connectivity index (χ3v) is 8.66. The van der Waals surface area contributed by atoms with Crippen LogP contribution in [0.5, 0.6) is 0 Å². The van der Waals surface area contributed by atoms with Gasteiger partial charge in [0.1, 0.15) is 0 Å². The number of rotatable bonds is 3. The van der Waals surface area contributed by atoms with Gasteiger partial charge in [0, 0.05) is 0 Å². The molecular formula is C8H17INOS+. The van der Waals surface area contributed by atoms with E-state index in [0.29, 0.717) is 6.61 Å². The third kappa shape index (κ3) is 3.24. The Morgan fingerprint density at radius 2 is 2.42 bits per heavy atom. The van der Waals surface area contributed by atoms with Crippen LogP contribution in [0.25, 0.3) is 0 Å². The molecule has 2 nitrogen and oxygen atoms in total. The Bertz CT molecular complexity index is 184. The summed E-state index contributed by atoms with van der Waals surface area (Å²) < 4.78 is 3.88. The molecule has 72 valence electrons. The predicted molar refractivity (Wildman–Crippen MR) is 63.3 cm³/mol. The summed E-state index contributed by atoms with van der Waals surface area (Å²) in [4.78, 5) is 3.89. The molecule has 0 atom stereocenters. The Kier molecular flexibility index (Phi) is 4.93. The van der Waals surface area contributed by atoms with Crippen molar-refractivity contribution in [1.82, 2.24) is 0 Å². The van der Waals surface area contributed by atoms with Crippen molar-refractivity contribution in [2.45, 2.75) is 19.8 Å². The second kappa shape index (κ2) is 5.47. The van der Waals surface area contributed by atoms with E-state index in [-0.39, 0.29) is 0 Å². The van der Waals surface area contributed by atoms with E-state index in [9.17, 15) is 0 Å². The van der Waals surface area contributed by atoms with E-state index in [2.05, 4.69) is 15.4 Å². The topological polar surface area (TPSA) is 36.8 Å². The monoisotopic (exact) mass is 302 g/mol. The summed E-state index contributed by atoms with van der Waals surface area (Å²) in [5, 5.41) is 8.72. The molecule has 1 rings (SSSR count). The van der Waals surface area contributed by atoms with Crippen LogP contribution < -0.4 is 3.53 Å². The standard InChI is InChI=1S/C8H16INOS/c1-7-8(4-3-5-11)10-9(2)6-12-7/h10-11H,3-6H2,1-2H3/p+1. The molecule has 1 aliphatic rings. The van der Waals surface area contributed by atoms with Crippen LogP contribution in [0.2, 0.25) is 0 Å². The van der Waals surface area contributed by atoms with E-state index in [4.69, 9.17) is 5.11 Å². The normalized spacial score (nSPS) is 21.8. The van der Waals surface area contributed by atoms with E-state index < -0.39 is 20.1 Å². The van der Waals surface area contributed by atoms with E-state index in [1.54, 1.807) is 0 Å². The molecule has 0 fully saturated rings. The Morgan fingerprint density at radius 1 is 1.67 bits per heavy atom. The van der Waals surface area contributed by atoms with E-state index in [0.717, 1.165) is 12.8 Å². The number of aliphatic hydroxyl groups is 1. The van der Waals surface area contributed by atoms with Gasteiger partial charge in [-0.05, 0) is 0 Å². The fraction of sp³-hybridized carbons (Fsp3) is 0.750. The van der Waals surface area contributed by atoms with Crippen molar-refractivity contribution in [3.05, 3.63) is 10.6 Å². The van der Waals surface area contributed by atoms with Gasteiger partial charge in [0.25, 0.3) is 0 Å². The summed E-state index contributed by atoms with van der Waals surface area (Å²) in [6, 6.07) is 0. The molecule has 0 aromatic carbocycles.